The quantitative estimate of drug-likeness (QED) is 0.206. The molecule has 1 amide bonds. The van der Waals surface area contributed by atoms with Crippen LogP contribution in [-0.4, -0.2) is 23.6 Å². The molecule has 0 heterocycles. The van der Waals surface area contributed by atoms with Crippen molar-refractivity contribution in [3.05, 3.63) is 91.4 Å². The van der Waals surface area contributed by atoms with Crippen molar-refractivity contribution in [1.29, 1.82) is 5.26 Å². The number of aromatic carboxylic acids is 1. The molecule has 36 heavy (non-hydrogen) atoms. The fourth-order valence-electron chi connectivity index (χ4n) is 3.07. The number of nitriles is 1. The van der Waals surface area contributed by atoms with Gasteiger partial charge in [-0.2, -0.15) is 5.26 Å². The fourth-order valence-corrected chi connectivity index (χ4v) is 3.82. The maximum atomic E-state index is 12.7. The highest BCUT2D eigenvalue weighted by molar-refractivity contribution is 9.10. The Labute approximate surface area is 226 Å². The van der Waals surface area contributed by atoms with Gasteiger partial charge in [-0.1, -0.05) is 51.3 Å². The molecule has 0 atom stereocenters. The van der Waals surface area contributed by atoms with Crippen LogP contribution in [0.5, 0.6) is 11.5 Å². The molecular formula is C26H19BrCl2N2O5. The van der Waals surface area contributed by atoms with E-state index in [0.29, 0.717) is 38.2 Å². The van der Waals surface area contributed by atoms with Crippen LogP contribution >= 0.6 is 39.1 Å². The minimum atomic E-state index is -1.13. The Morgan fingerprint density at radius 1 is 1.08 bits per heavy atom. The average molecular weight is 590 g/mol. The Bertz CT molecular complexity index is 1390. The van der Waals surface area contributed by atoms with Crippen molar-refractivity contribution >= 4 is 62.8 Å². The van der Waals surface area contributed by atoms with E-state index in [1.54, 1.807) is 30.3 Å². The lowest BCUT2D eigenvalue weighted by atomic mass is 10.1. The predicted molar refractivity (Wildman–Crippen MR) is 142 cm³/mol. The van der Waals surface area contributed by atoms with Crippen LogP contribution in [0, 0.1) is 11.3 Å². The molecule has 7 nitrogen and oxygen atoms in total. The fraction of sp³-hybridized carbons (Fsp3) is 0.115. The third-order valence-corrected chi connectivity index (χ3v) is 6.20. The van der Waals surface area contributed by atoms with Gasteiger partial charge in [0.25, 0.3) is 5.91 Å². The first-order valence-electron chi connectivity index (χ1n) is 10.5. The van der Waals surface area contributed by atoms with Gasteiger partial charge in [0.1, 0.15) is 18.2 Å². The van der Waals surface area contributed by atoms with Crippen molar-refractivity contribution in [3.63, 3.8) is 0 Å². The molecule has 0 spiro atoms. The van der Waals surface area contributed by atoms with Gasteiger partial charge >= 0.3 is 5.97 Å². The number of amides is 1. The summed E-state index contributed by atoms with van der Waals surface area (Å²) in [6, 6.07) is 16.1. The van der Waals surface area contributed by atoms with Crippen LogP contribution in [0.2, 0.25) is 10.0 Å². The minimum Gasteiger partial charge on any atom is -0.490 e. The number of carbonyl (C=O) groups excluding carboxylic acids is 1. The number of ether oxygens (including phenoxy) is 2. The third-order valence-electron chi connectivity index (χ3n) is 4.77. The van der Waals surface area contributed by atoms with Crippen LogP contribution in [0.25, 0.3) is 6.08 Å². The molecule has 0 aliphatic rings. The van der Waals surface area contributed by atoms with Gasteiger partial charge in [-0.05, 0) is 66.6 Å². The SMILES string of the molecule is CCOc1cc(/C=C(/C#N)C(=O)Nc2cccc(C(=O)O)c2)c(Br)cc1OCc1ccc(Cl)c(Cl)c1. The number of hydrogen-bond donors (Lipinski definition) is 2. The van der Waals surface area contributed by atoms with Gasteiger partial charge in [-0.15, -0.1) is 0 Å². The number of nitrogens with one attached hydrogen (secondary N) is 1. The maximum Gasteiger partial charge on any atom is 0.335 e. The van der Waals surface area contributed by atoms with Crippen molar-refractivity contribution in [2.75, 3.05) is 11.9 Å². The van der Waals surface area contributed by atoms with E-state index < -0.39 is 11.9 Å². The first kappa shape index (κ1) is 27.1. The summed E-state index contributed by atoms with van der Waals surface area (Å²) in [6.45, 7) is 2.39. The number of hydrogen-bond acceptors (Lipinski definition) is 5. The van der Waals surface area contributed by atoms with Crippen LogP contribution in [0.1, 0.15) is 28.4 Å². The summed E-state index contributed by atoms with van der Waals surface area (Å²) < 4.78 is 12.2. The van der Waals surface area contributed by atoms with E-state index in [1.165, 1.54) is 30.3 Å². The van der Waals surface area contributed by atoms with Crippen LogP contribution in [-0.2, 0) is 11.4 Å². The molecule has 0 fully saturated rings. The predicted octanol–water partition coefficient (Wildman–Crippen LogP) is 6.98. The molecular weight excluding hydrogens is 571 g/mol. The van der Waals surface area contributed by atoms with Gasteiger partial charge in [0, 0.05) is 10.2 Å². The van der Waals surface area contributed by atoms with Crippen LogP contribution in [0.15, 0.2) is 64.6 Å². The number of carboxylic acids is 1. The summed E-state index contributed by atoms with van der Waals surface area (Å²) >= 11 is 15.5. The molecule has 0 radical (unpaired) electrons. The van der Waals surface area contributed by atoms with Gasteiger partial charge in [-0.25, -0.2) is 4.79 Å². The monoisotopic (exact) mass is 588 g/mol. The molecule has 0 saturated carbocycles. The highest BCUT2D eigenvalue weighted by Gasteiger charge is 2.15. The summed E-state index contributed by atoms with van der Waals surface area (Å²) in [6.07, 6.45) is 1.39. The van der Waals surface area contributed by atoms with Crippen molar-refractivity contribution in [1.82, 2.24) is 0 Å². The third kappa shape index (κ3) is 7.01. The van der Waals surface area contributed by atoms with E-state index in [9.17, 15) is 14.9 Å². The first-order chi connectivity index (χ1) is 17.2. The molecule has 0 bridgehead atoms. The smallest absolute Gasteiger partial charge is 0.335 e. The molecule has 2 N–H and O–H groups in total. The first-order valence-corrected chi connectivity index (χ1v) is 12.1. The maximum absolute atomic E-state index is 12.7. The minimum absolute atomic E-state index is 0.0100. The van der Waals surface area contributed by atoms with Crippen LogP contribution < -0.4 is 14.8 Å². The molecule has 0 aliphatic carbocycles. The van der Waals surface area contributed by atoms with Crippen LogP contribution in [0.3, 0.4) is 0 Å². The van der Waals surface area contributed by atoms with Crippen molar-refractivity contribution in [2.24, 2.45) is 0 Å². The van der Waals surface area contributed by atoms with Gasteiger partial charge < -0.3 is 19.9 Å². The molecule has 3 aromatic carbocycles. The van der Waals surface area contributed by atoms with Crippen molar-refractivity contribution < 1.29 is 24.2 Å². The largest absolute Gasteiger partial charge is 0.490 e. The molecule has 10 heteroatoms. The van der Waals surface area contributed by atoms with E-state index in [0.717, 1.165) is 5.56 Å². The number of carboxylic acid groups (broad SMARTS) is 1. The van der Waals surface area contributed by atoms with E-state index in [-0.39, 0.29) is 23.4 Å². The normalized spacial score (nSPS) is 10.9. The van der Waals surface area contributed by atoms with Gasteiger partial charge in [0.15, 0.2) is 11.5 Å². The molecule has 0 aliphatic heterocycles. The molecule has 0 aromatic heterocycles. The summed E-state index contributed by atoms with van der Waals surface area (Å²) in [5, 5.41) is 22.1. The molecule has 0 saturated heterocycles. The Morgan fingerprint density at radius 3 is 2.50 bits per heavy atom. The topological polar surface area (TPSA) is 109 Å². The zero-order valence-electron chi connectivity index (χ0n) is 18.8. The number of carbonyl (C=O) groups is 2. The second kappa shape index (κ2) is 12.5. The zero-order valence-corrected chi connectivity index (χ0v) is 21.9. The molecule has 184 valence electrons. The summed E-state index contributed by atoms with van der Waals surface area (Å²) in [4.78, 5) is 23.8. The lowest BCUT2D eigenvalue weighted by Crippen LogP contribution is -2.14. The number of benzene rings is 3. The van der Waals surface area contributed by atoms with Gasteiger partial charge in [0.05, 0.1) is 22.2 Å². The summed E-state index contributed by atoms with van der Waals surface area (Å²) in [5.41, 5.74) is 1.38. The van der Waals surface area contributed by atoms with Gasteiger partial charge in [-0.3, -0.25) is 4.79 Å². The highest BCUT2D eigenvalue weighted by atomic mass is 79.9. The van der Waals surface area contributed by atoms with Crippen molar-refractivity contribution in [2.45, 2.75) is 13.5 Å². The number of rotatable bonds is 9. The lowest BCUT2D eigenvalue weighted by molar-refractivity contribution is -0.112. The summed E-state index contributed by atoms with van der Waals surface area (Å²) in [5.74, 6) is -0.958. The van der Waals surface area contributed by atoms with Crippen LogP contribution in [0.4, 0.5) is 5.69 Å². The Hall–Kier alpha value is -3.51. The Morgan fingerprint density at radius 2 is 1.83 bits per heavy atom. The number of halogens is 3. The highest BCUT2D eigenvalue weighted by Crippen LogP contribution is 2.36. The Kier molecular flexibility index (Phi) is 9.37. The zero-order chi connectivity index (χ0) is 26.2. The standard InChI is InChI=1S/C26H19BrCl2N2O5/c1-2-35-23-11-17(20(27)12-24(23)36-14-15-6-7-21(28)22(29)8-15)9-18(13-30)25(32)31-19-5-3-4-16(10-19)26(33)34/h3-12H,2,14H2,1H3,(H,31,32)(H,33,34)/b18-9-. The number of anilines is 1. The van der Waals surface area contributed by atoms with E-state index >= 15 is 0 Å². The second-order valence-electron chi connectivity index (χ2n) is 7.30. The van der Waals surface area contributed by atoms with E-state index in [4.69, 9.17) is 37.8 Å². The average Bonchev–Trinajstić information content (AvgIpc) is 2.85. The van der Waals surface area contributed by atoms with Crippen molar-refractivity contribution in [3.8, 4) is 17.6 Å². The van der Waals surface area contributed by atoms with E-state index in [2.05, 4.69) is 21.2 Å². The second-order valence-corrected chi connectivity index (χ2v) is 8.97. The summed E-state index contributed by atoms with van der Waals surface area (Å²) in [7, 11) is 0. The van der Waals surface area contributed by atoms with Gasteiger partial charge in [0.2, 0.25) is 0 Å². The molecule has 3 rings (SSSR count). The Balaban J connectivity index is 1.85. The lowest BCUT2D eigenvalue weighted by Gasteiger charge is -2.14. The molecule has 0 unspecified atom stereocenters. The van der Waals surface area contributed by atoms with E-state index in [1.807, 2.05) is 13.0 Å². The molecule has 3 aromatic rings. The number of nitrogens with zero attached hydrogens (tertiary/aromatic N) is 1.